The van der Waals surface area contributed by atoms with Crippen LogP contribution in [0.2, 0.25) is 0 Å². The average Bonchev–Trinajstić information content (AvgIpc) is 2.88. The van der Waals surface area contributed by atoms with Crippen molar-refractivity contribution in [2.24, 2.45) is 0 Å². The summed E-state index contributed by atoms with van der Waals surface area (Å²) in [6.07, 6.45) is 3.48. The maximum atomic E-state index is 11.3. The van der Waals surface area contributed by atoms with Crippen LogP contribution < -0.4 is 20.6 Å². The molecule has 3 rings (SSSR count). The minimum atomic E-state index is -1.21. The number of quaternary nitrogens is 1. The molecule has 2 heterocycles. The van der Waals surface area contributed by atoms with Gasteiger partial charge in [0.15, 0.2) is 6.09 Å². The molecule has 2 unspecified atom stereocenters. The molecule has 1 aliphatic rings. The molecular weight excluding hydrogens is 368 g/mol. The molecule has 2 N–H and O–H groups in total. The Balaban J connectivity index is 1.71. The van der Waals surface area contributed by atoms with Crippen LogP contribution in [0.5, 0.6) is 5.75 Å². The van der Waals surface area contributed by atoms with Crippen LogP contribution in [0.15, 0.2) is 30.5 Å². The number of methoxy groups -OCH3 is 1. The lowest BCUT2D eigenvalue weighted by molar-refractivity contribution is -1.00. The monoisotopic (exact) mass is 400 g/mol. The Hall–Kier alpha value is -2.38. The molecule has 0 saturated carbocycles. The van der Waals surface area contributed by atoms with Gasteiger partial charge in [0.05, 0.1) is 12.6 Å². The second-order valence-corrected chi connectivity index (χ2v) is 8.85. The molecule has 0 aliphatic carbocycles. The van der Waals surface area contributed by atoms with Gasteiger partial charge in [0.2, 0.25) is 0 Å². The Labute approximate surface area is 172 Å². The van der Waals surface area contributed by atoms with Gasteiger partial charge in [0.25, 0.3) is 0 Å². The van der Waals surface area contributed by atoms with Crippen molar-refractivity contribution in [1.82, 2.24) is 15.7 Å². The van der Waals surface area contributed by atoms with Gasteiger partial charge in [-0.2, -0.15) is 0 Å². The van der Waals surface area contributed by atoms with Crippen LogP contribution in [-0.2, 0) is 6.54 Å². The van der Waals surface area contributed by atoms with Crippen molar-refractivity contribution < 1.29 is 19.2 Å². The maximum Gasteiger partial charge on any atom is 0.185 e. The van der Waals surface area contributed by atoms with Gasteiger partial charge in [0.1, 0.15) is 24.4 Å². The Morgan fingerprint density at radius 3 is 2.76 bits per heavy atom. The maximum absolute atomic E-state index is 11.3. The number of ether oxygens (including phenoxy) is 1. The standard InChI is InChI=1S/C22H32N4O3/c1-22(2,3)26(25-21(27)28)12-5-6-17(10-13-26)24-15-16-9-11-23-20-8-7-18(29-4)14-19(16)20/h7-9,11,14,17,24-25H,5-6,10,12-13,15H2,1-4H3. The molecule has 0 bridgehead atoms. The lowest BCUT2D eigenvalue weighted by atomic mass is 10.0. The van der Waals surface area contributed by atoms with E-state index in [1.54, 1.807) is 7.11 Å². The van der Waals surface area contributed by atoms with E-state index in [1.807, 2.05) is 30.5 Å². The van der Waals surface area contributed by atoms with Gasteiger partial charge in [-0.25, -0.2) is 10.0 Å². The minimum absolute atomic E-state index is 0.229. The number of amides is 1. The zero-order valence-electron chi connectivity index (χ0n) is 17.8. The Morgan fingerprint density at radius 1 is 1.28 bits per heavy atom. The van der Waals surface area contributed by atoms with E-state index in [2.05, 4.69) is 36.5 Å². The fourth-order valence-electron chi connectivity index (χ4n) is 4.29. The number of fused-ring (bicyclic) bond motifs is 1. The summed E-state index contributed by atoms with van der Waals surface area (Å²) in [5.41, 5.74) is 4.60. The number of pyridine rings is 1. The number of hydrogen-bond acceptors (Lipinski definition) is 5. The third-order valence-electron chi connectivity index (χ3n) is 6.16. The van der Waals surface area contributed by atoms with Gasteiger partial charge in [-0.05, 0) is 57.0 Å². The SMILES string of the molecule is COc1ccc2nccc(CNC3CCC[N+](NC(=O)[O-])(C(C)(C)C)CC3)c2c1. The summed E-state index contributed by atoms with van der Waals surface area (Å²) >= 11 is 0. The van der Waals surface area contributed by atoms with Gasteiger partial charge in [-0.1, -0.05) is 0 Å². The molecule has 2 aromatic rings. The van der Waals surface area contributed by atoms with Crippen molar-refractivity contribution >= 4 is 17.0 Å². The summed E-state index contributed by atoms with van der Waals surface area (Å²) in [5, 5.41) is 16.1. The van der Waals surface area contributed by atoms with E-state index in [4.69, 9.17) is 4.74 Å². The first-order valence-electron chi connectivity index (χ1n) is 10.3. The average molecular weight is 401 g/mol. The summed E-state index contributed by atoms with van der Waals surface area (Å²) in [7, 11) is 1.67. The molecule has 1 aliphatic heterocycles. The van der Waals surface area contributed by atoms with E-state index >= 15 is 0 Å². The van der Waals surface area contributed by atoms with Gasteiger partial charge in [0, 0.05) is 37.0 Å². The number of likely N-dealkylation sites (tertiary alicyclic amines) is 1. The lowest BCUT2D eigenvalue weighted by Gasteiger charge is -2.47. The number of carbonyl (C=O) groups is 1. The van der Waals surface area contributed by atoms with Crippen LogP contribution in [0, 0.1) is 0 Å². The predicted molar refractivity (Wildman–Crippen MR) is 111 cm³/mol. The van der Waals surface area contributed by atoms with Crippen molar-refractivity contribution in [3.05, 3.63) is 36.0 Å². The number of nitrogens with zero attached hydrogens (tertiary/aromatic N) is 2. The fourth-order valence-corrected chi connectivity index (χ4v) is 4.29. The molecule has 1 aromatic heterocycles. The summed E-state index contributed by atoms with van der Waals surface area (Å²) in [5.74, 6) is 0.821. The molecule has 2 atom stereocenters. The van der Waals surface area contributed by atoms with E-state index in [-0.39, 0.29) is 5.54 Å². The predicted octanol–water partition coefficient (Wildman–Crippen LogP) is 2.35. The van der Waals surface area contributed by atoms with E-state index in [1.165, 1.54) is 5.56 Å². The first-order valence-corrected chi connectivity index (χ1v) is 10.3. The Morgan fingerprint density at radius 2 is 2.07 bits per heavy atom. The van der Waals surface area contributed by atoms with Crippen LogP contribution in [0.25, 0.3) is 10.9 Å². The van der Waals surface area contributed by atoms with Crippen LogP contribution in [0.1, 0.15) is 45.6 Å². The third-order valence-corrected chi connectivity index (χ3v) is 6.16. The zero-order chi connectivity index (χ0) is 21.1. The van der Waals surface area contributed by atoms with E-state index in [0.717, 1.165) is 55.5 Å². The number of nitrogens with one attached hydrogen (secondary N) is 2. The molecule has 7 heteroatoms. The summed E-state index contributed by atoms with van der Waals surface area (Å²) in [6, 6.07) is 8.29. The van der Waals surface area contributed by atoms with Crippen molar-refractivity contribution in [2.45, 2.75) is 58.2 Å². The number of carbonyl (C=O) groups excluding carboxylic acids is 1. The molecule has 1 fully saturated rings. The Kier molecular flexibility index (Phi) is 6.29. The van der Waals surface area contributed by atoms with Crippen LogP contribution >= 0.6 is 0 Å². The van der Waals surface area contributed by atoms with E-state index in [0.29, 0.717) is 10.6 Å². The summed E-state index contributed by atoms with van der Waals surface area (Å²) in [6.45, 7) is 8.47. The molecule has 1 aromatic carbocycles. The molecular formula is C22H32N4O3. The molecule has 158 valence electrons. The zero-order valence-corrected chi connectivity index (χ0v) is 17.8. The number of rotatable bonds is 5. The molecule has 29 heavy (non-hydrogen) atoms. The summed E-state index contributed by atoms with van der Waals surface area (Å²) in [4.78, 5) is 15.8. The number of aromatic nitrogens is 1. The normalized spacial score (nSPS) is 22.8. The molecule has 0 spiro atoms. The van der Waals surface area contributed by atoms with Crippen LogP contribution in [0.4, 0.5) is 4.79 Å². The number of hydrogen-bond donors (Lipinski definition) is 2. The molecule has 1 saturated heterocycles. The van der Waals surface area contributed by atoms with Crippen molar-refractivity contribution in [3.8, 4) is 5.75 Å². The highest BCUT2D eigenvalue weighted by atomic mass is 16.5. The second kappa shape index (κ2) is 8.55. The number of benzene rings is 1. The fraction of sp³-hybridized carbons (Fsp3) is 0.545. The first-order chi connectivity index (χ1) is 13.7. The molecule has 7 nitrogen and oxygen atoms in total. The lowest BCUT2D eigenvalue weighted by Crippen LogP contribution is -2.71. The van der Waals surface area contributed by atoms with Gasteiger partial charge < -0.3 is 20.0 Å². The van der Waals surface area contributed by atoms with Gasteiger partial charge in [-0.15, -0.1) is 0 Å². The highest BCUT2D eigenvalue weighted by molar-refractivity contribution is 5.83. The minimum Gasteiger partial charge on any atom is -0.526 e. The molecule has 1 amide bonds. The number of carboxylic acid groups (broad SMARTS) is 1. The third kappa shape index (κ3) is 4.79. The van der Waals surface area contributed by atoms with Crippen molar-refractivity contribution in [3.63, 3.8) is 0 Å². The highest BCUT2D eigenvalue weighted by Gasteiger charge is 2.42. The highest BCUT2D eigenvalue weighted by Crippen LogP contribution is 2.28. The van der Waals surface area contributed by atoms with E-state index < -0.39 is 6.09 Å². The van der Waals surface area contributed by atoms with Gasteiger partial charge >= 0.3 is 0 Å². The first kappa shape index (κ1) is 21.3. The Bertz CT molecular complexity index is 865. The second-order valence-electron chi connectivity index (χ2n) is 8.85. The molecule has 0 radical (unpaired) electrons. The quantitative estimate of drug-likeness (QED) is 0.753. The smallest absolute Gasteiger partial charge is 0.185 e. The summed E-state index contributed by atoms with van der Waals surface area (Å²) < 4.78 is 5.70. The topological polar surface area (TPSA) is 86.3 Å². The largest absolute Gasteiger partial charge is 0.526 e. The van der Waals surface area contributed by atoms with E-state index in [9.17, 15) is 9.90 Å². The van der Waals surface area contributed by atoms with Gasteiger partial charge in [-0.3, -0.25) is 4.98 Å². The van der Waals surface area contributed by atoms with Crippen LogP contribution in [0.3, 0.4) is 0 Å². The van der Waals surface area contributed by atoms with Crippen molar-refractivity contribution in [1.29, 1.82) is 0 Å². The van der Waals surface area contributed by atoms with Crippen LogP contribution in [-0.4, -0.2) is 47.4 Å². The van der Waals surface area contributed by atoms with Crippen molar-refractivity contribution in [2.75, 3.05) is 20.2 Å².